The lowest BCUT2D eigenvalue weighted by Gasteiger charge is -2.33. The van der Waals surface area contributed by atoms with Crippen LogP contribution in [0.2, 0.25) is 0 Å². The summed E-state index contributed by atoms with van der Waals surface area (Å²) in [4.78, 5) is 40.1. The number of amides is 2. The fourth-order valence-corrected chi connectivity index (χ4v) is 10.3. The van der Waals surface area contributed by atoms with Crippen molar-refractivity contribution < 1.29 is 70.2 Å². The van der Waals surface area contributed by atoms with Gasteiger partial charge >= 0.3 is 18.3 Å². The number of hydrogen-bond donors (Lipinski definition) is 2. The minimum atomic E-state index is -4.28. The Kier molecular flexibility index (Phi) is 13.4. The average molecular weight is 860 g/mol. The Morgan fingerprint density at radius 2 is 1.23 bits per heavy atom. The van der Waals surface area contributed by atoms with Crippen molar-refractivity contribution in [2.45, 2.75) is 93.8 Å². The Hall–Kier alpha value is -4.08. The van der Waals surface area contributed by atoms with E-state index in [4.69, 9.17) is 47.4 Å². The number of fused-ring (bicyclic) bond motifs is 3. The smallest absolute Gasteiger partial charge is 0.443 e. The Labute approximate surface area is 348 Å². The number of nitrogens with zero attached hydrogens (tertiary/aromatic N) is 1. The molecular formula is C41H53N3O15S. The van der Waals surface area contributed by atoms with Crippen LogP contribution in [0.1, 0.15) is 38.7 Å². The van der Waals surface area contributed by atoms with Gasteiger partial charge in [0, 0.05) is 12.2 Å². The predicted octanol–water partition coefficient (Wildman–Crippen LogP) is 4.03. The van der Waals surface area contributed by atoms with Crippen molar-refractivity contribution in [3.63, 3.8) is 0 Å². The molecule has 6 heterocycles. The number of anilines is 1. The molecule has 6 saturated heterocycles. The maximum atomic E-state index is 14.5. The highest BCUT2D eigenvalue weighted by atomic mass is 32.2. The third-order valence-corrected chi connectivity index (χ3v) is 13.6. The first kappa shape index (κ1) is 42.6. The number of carbonyl (C=O) groups excluding carboxylic acids is 3. The second-order valence-electron chi connectivity index (χ2n) is 16.3. The van der Waals surface area contributed by atoms with Crippen LogP contribution in [-0.4, -0.2) is 133 Å². The molecule has 0 saturated carbocycles. The largest absolute Gasteiger partial charge is 0.509 e. The average Bonchev–Trinajstić information content (AvgIpc) is 4.07. The maximum Gasteiger partial charge on any atom is 0.509 e. The Morgan fingerprint density at radius 1 is 0.700 bits per heavy atom. The quantitative estimate of drug-likeness (QED) is 0.192. The standard InChI is InChI=1S/C41H53N3O15S/c1-24(2)19-44(60(48,49)27-10-8-26(9-11-27)42-39(45)56-33-21-53-36-28(33)12-15-50-36)20-32(58-41(47)59-35-23-55-38-30(35)14-17-52-38)31(18-25-6-4-3-5-7-25)43-40(46)57-34-22-54-37-29(34)13-16-51-37/h3-11,24,28-38H,12-23H2,1-2H3,(H,42,45)(H,43,46)/t28-,29?,30?,31+,32-,33?,34?,35?,36?,37-,38-/m1/s1. The van der Waals surface area contributed by atoms with E-state index in [9.17, 15) is 22.8 Å². The summed E-state index contributed by atoms with van der Waals surface area (Å²) in [5.74, 6) is -0.514. The normalized spacial score (nSPS) is 30.4. The minimum Gasteiger partial charge on any atom is -0.443 e. The van der Waals surface area contributed by atoms with E-state index in [1.807, 2.05) is 44.2 Å². The lowest BCUT2D eigenvalue weighted by molar-refractivity contribution is -0.0910. The van der Waals surface area contributed by atoms with Crippen LogP contribution in [0.4, 0.5) is 20.1 Å². The number of hydrogen-bond acceptors (Lipinski definition) is 15. The zero-order valence-electron chi connectivity index (χ0n) is 33.6. The zero-order chi connectivity index (χ0) is 41.8. The van der Waals surface area contributed by atoms with E-state index in [0.29, 0.717) is 38.3 Å². The maximum absolute atomic E-state index is 14.5. The highest BCUT2D eigenvalue weighted by Gasteiger charge is 2.47. The van der Waals surface area contributed by atoms with E-state index in [2.05, 4.69) is 10.6 Å². The SMILES string of the molecule is CC(C)CN(C[C@@H](OC(=O)OC1CO[C@H]2OCCC12)[C@H](Cc1ccccc1)NC(=O)OC1CO[C@H]2OCCC12)S(=O)(=O)c1ccc(NC(=O)OC2COC3OCC[C@H]23)cc1. The summed E-state index contributed by atoms with van der Waals surface area (Å²) in [6, 6.07) is 13.9. The van der Waals surface area contributed by atoms with E-state index >= 15 is 0 Å². The van der Waals surface area contributed by atoms with Crippen LogP contribution in [0, 0.1) is 23.7 Å². The molecule has 6 fully saturated rings. The second kappa shape index (κ2) is 18.9. The number of nitrogens with one attached hydrogen (secondary N) is 2. The van der Waals surface area contributed by atoms with Crippen LogP contribution in [0.5, 0.6) is 0 Å². The second-order valence-corrected chi connectivity index (χ2v) is 18.3. The molecule has 2 amide bonds. The van der Waals surface area contributed by atoms with Gasteiger partial charge in [-0.05, 0) is 61.4 Å². The van der Waals surface area contributed by atoms with Gasteiger partial charge in [0.1, 0.15) is 24.4 Å². The van der Waals surface area contributed by atoms with Crippen molar-refractivity contribution in [1.29, 1.82) is 0 Å². The van der Waals surface area contributed by atoms with Gasteiger partial charge in [0.25, 0.3) is 0 Å². The van der Waals surface area contributed by atoms with Gasteiger partial charge in [-0.1, -0.05) is 44.2 Å². The molecule has 8 rings (SSSR count). The Balaban J connectivity index is 1.02. The number of ether oxygens (including phenoxy) is 10. The van der Waals surface area contributed by atoms with Crippen LogP contribution >= 0.6 is 0 Å². The van der Waals surface area contributed by atoms with Gasteiger partial charge in [0.15, 0.2) is 18.9 Å². The van der Waals surface area contributed by atoms with E-state index in [1.54, 1.807) is 0 Å². The fourth-order valence-electron chi connectivity index (χ4n) is 8.65. The van der Waals surface area contributed by atoms with Crippen LogP contribution in [0.15, 0.2) is 59.5 Å². The molecule has 0 aliphatic carbocycles. The number of alkyl carbamates (subject to hydrolysis) is 1. The molecule has 0 aromatic heterocycles. The molecule has 328 valence electrons. The van der Waals surface area contributed by atoms with Crippen molar-refractivity contribution in [2.24, 2.45) is 23.7 Å². The number of benzene rings is 2. The highest BCUT2D eigenvalue weighted by Crippen LogP contribution is 2.35. The summed E-state index contributed by atoms with van der Waals surface area (Å²) in [5.41, 5.74) is 1.10. The summed E-state index contributed by atoms with van der Waals surface area (Å²) in [6.07, 6.45) is -4.62. The van der Waals surface area contributed by atoms with Gasteiger partial charge < -0.3 is 52.7 Å². The molecule has 2 aromatic carbocycles. The zero-order valence-corrected chi connectivity index (χ0v) is 34.4. The van der Waals surface area contributed by atoms with Gasteiger partial charge in [0.05, 0.1) is 74.9 Å². The summed E-state index contributed by atoms with van der Waals surface area (Å²) in [7, 11) is -4.28. The summed E-state index contributed by atoms with van der Waals surface area (Å²) in [5, 5.41) is 5.56. The molecule has 6 aliphatic heterocycles. The lowest BCUT2D eigenvalue weighted by Crippen LogP contribution is -2.53. The molecule has 6 unspecified atom stereocenters. The highest BCUT2D eigenvalue weighted by molar-refractivity contribution is 7.89. The van der Waals surface area contributed by atoms with Crippen LogP contribution in [0.25, 0.3) is 0 Å². The van der Waals surface area contributed by atoms with Gasteiger partial charge in [-0.25, -0.2) is 22.8 Å². The van der Waals surface area contributed by atoms with Crippen molar-refractivity contribution >= 4 is 34.1 Å². The number of rotatable bonds is 15. The molecule has 0 radical (unpaired) electrons. The van der Waals surface area contributed by atoms with E-state index in [1.165, 1.54) is 28.6 Å². The Morgan fingerprint density at radius 3 is 1.78 bits per heavy atom. The van der Waals surface area contributed by atoms with Gasteiger partial charge in [-0.2, -0.15) is 4.31 Å². The van der Waals surface area contributed by atoms with Gasteiger partial charge in [-0.3, -0.25) is 5.32 Å². The summed E-state index contributed by atoms with van der Waals surface area (Å²) >= 11 is 0. The monoisotopic (exact) mass is 859 g/mol. The number of carbonyl (C=O) groups is 3. The molecule has 6 aliphatic rings. The number of sulfonamides is 1. The van der Waals surface area contributed by atoms with Crippen LogP contribution in [-0.2, 0) is 63.8 Å². The first-order chi connectivity index (χ1) is 29.0. The summed E-state index contributed by atoms with van der Waals surface area (Å²) in [6.45, 7) is 5.39. The van der Waals surface area contributed by atoms with Gasteiger partial charge in [0.2, 0.25) is 10.0 Å². The molecule has 11 atom stereocenters. The molecular weight excluding hydrogens is 807 g/mol. The topological polar surface area (TPSA) is 205 Å². The predicted molar refractivity (Wildman–Crippen MR) is 208 cm³/mol. The molecule has 18 nitrogen and oxygen atoms in total. The first-order valence-electron chi connectivity index (χ1n) is 20.7. The molecule has 19 heteroatoms. The first-order valence-corrected chi connectivity index (χ1v) is 22.1. The van der Waals surface area contributed by atoms with Crippen LogP contribution < -0.4 is 10.6 Å². The lowest BCUT2D eigenvalue weighted by atomic mass is 10.0. The van der Waals surface area contributed by atoms with E-state index in [-0.39, 0.29) is 74.2 Å². The molecule has 2 N–H and O–H groups in total. The van der Waals surface area contributed by atoms with E-state index < -0.39 is 71.4 Å². The third-order valence-electron chi connectivity index (χ3n) is 11.7. The molecule has 2 aromatic rings. The van der Waals surface area contributed by atoms with Gasteiger partial charge in [-0.15, -0.1) is 0 Å². The molecule has 60 heavy (non-hydrogen) atoms. The fraction of sp³-hybridized carbons (Fsp3) is 0.634. The third kappa shape index (κ3) is 9.99. The molecule has 0 bridgehead atoms. The van der Waals surface area contributed by atoms with Crippen molar-refractivity contribution in [2.75, 3.05) is 58.0 Å². The summed E-state index contributed by atoms with van der Waals surface area (Å²) < 4.78 is 87.2. The van der Waals surface area contributed by atoms with Crippen molar-refractivity contribution in [3.05, 3.63) is 60.2 Å². The van der Waals surface area contributed by atoms with Crippen molar-refractivity contribution in [1.82, 2.24) is 9.62 Å². The van der Waals surface area contributed by atoms with Crippen LogP contribution in [0.3, 0.4) is 0 Å². The van der Waals surface area contributed by atoms with E-state index in [0.717, 1.165) is 12.0 Å². The molecule has 0 spiro atoms. The minimum absolute atomic E-state index is 0.0292. The Bertz CT molecular complexity index is 1910. The van der Waals surface area contributed by atoms with Crippen molar-refractivity contribution in [3.8, 4) is 0 Å².